The van der Waals surface area contributed by atoms with Crippen LogP contribution in [0.1, 0.15) is 60.1 Å². The van der Waals surface area contributed by atoms with Crippen LogP contribution in [0.15, 0.2) is 58.3 Å². The Morgan fingerprint density at radius 3 is 2.57 bits per heavy atom. The Morgan fingerprint density at radius 1 is 1.11 bits per heavy atom. The molecule has 0 aliphatic carbocycles. The average molecular weight is 745 g/mol. The summed E-state index contributed by atoms with van der Waals surface area (Å²) in [7, 11) is 4.28. The first-order chi connectivity index (χ1) is 25.4. The second-order valence-corrected chi connectivity index (χ2v) is 13.5. The number of nitrogens with one attached hydrogen (secondary N) is 2. The summed E-state index contributed by atoms with van der Waals surface area (Å²) in [5.41, 5.74) is 2.76. The third-order valence-electron chi connectivity index (χ3n) is 9.58. The minimum Gasteiger partial charge on any atom is -0.490 e. The molecule has 1 fully saturated rings. The lowest BCUT2D eigenvalue weighted by Gasteiger charge is -2.30. The van der Waals surface area contributed by atoms with E-state index in [-0.39, 0.29) is 43.2 Å². The number of ether oxygens (including phenoxy) is 3. The smallest absolute Gasteiger partial charge is 0.410 e. The molecule has 0 bridgehead atoms. The molecule has 4 aromatic rings. The van der Waals surface area contributed by atoms with Gasteiger partial charge in [-0.15, -0.1) is 0 Å². The quantitative estimate of drug-likeness (QED) is 0.202. The molecule has 14 nitrogen and oxygen atoms in total. The highest BCUT2D eigenvalue weighted by Gasteiger charge is 2.39. The number of benzene rings is 2. The number of aromatic nitrogens is 3. The van der Waals surface area contributed by atoms with Gasteiger partial charge in [0.05, 0.1) is 30.0 Å². The van der Waals surface area contributed by atoms with Gasteiger partial charge in [-0.05, 0) is 37.0 Å². The molecule has 1 saturated heterocycles. The van der Waals surface area contributed by atoms with Crippen molar-refractivity contribution in [3.8, 4) is 34.0 Å². The van der Waals surface area contributed by atoms with Gasteiger partial charge < -0.3 is 29.4 Å². The zero-order valence-electron chi connectivity index (χ0n) is 30.2. The summed E-state index contributed by atoms with van der Waals surface area (Å²) in [5, 5.41) is 6.12. The Hall–Kier alpha value is -5.63. The van der Waals surface area contributed by atoms with Crippen molar-refractivity contribution < 1.29 is 28.6 Å². The van der Waals surface area contributed by atoms with Gasteiger partial charge in [0.2, 0.25) is 11.8 Å². The number of amides is 3. The molecule has 2 N–H and O–H groups in total. The fraction of sp³-hybridized carbons (Fsp3) is 0.368. The molecule has 4 heterocycles. The SMILES string of the molecule is CCCCOC(=O)N(C[C@@H]1CCC(=O)N1)[C@@H]1COc2cc(-c3cccc(-c4cccc(NC(=O)c5cn(C)c(=O)n(C)c5=O)c4C)c3Cl)nc(OC)c21. The second-order valence-electron chi connectivity index (χ2n) is 13.1. The van der Waals surface area contributed by atoms with E-state index in [1.165, 1.54) is 32.0 Å². The number of carbonyl (C=O) groups excluding carboxylic acids is 3. The molecule has 2 aromatic heterocycles. The molecule has 0 unspecified atom stereocenters. The summed E-state index contributed by atoms with van der Waals surface area (Å²) in [6.45, 7) is 4.49. The predicted molar refractivity (Wildman–Crippen MR) is 199 cm³/mol. The van der Waals surface area contributed by atoms with E-state index in [0.717, 1.165) is 23.0 Å². The number of hydrogen-bond donors (Lipinski definition) is 2. The molecule has 6 rings (SSSR count). The minimum absolute atomic E-state index is 0.0552. The number of fused-ring (bicyclic) bond motifs is 1. The first-order valence-electron chi connectivity index (χ1n) is 17.3. The van der Waals surface area contributed by atoms with Crippen molar-refractivity contribution in [2.75, 3.05) is 32.2 Å². The molecule has 2 aromatic carbocycles. The van der Waals surface area contributed by atoms with E-state index < -0.39 is 29.3 Å². The van der Waals surface area contributed by atoms with E-state index in [2.05, 4.69) is 10.6 Å². The van der Waals surface area contributed by atoms with E-state index in [4.69, 9.17) is 30.8 Å². The molecule has 15 heteroatoms. The molecule has 0 saturated carbocycles. The standard InChI is InChI=1S/C38H41ClN6O8/c1-6-7-16-52-38(50)45(18-22-14-15-31(46)40-22)29-20-53-30-17-28(42-35(51-5)32(29)30)25-12-8-11-24(33(25)39)23-10-9-13-27(21(23)2)41-34(47)26-19-43(3)37(49)44(4)36(26)48/h8-13,17,19,22,29H,6-7,14-16,18,20H2,1-5H3,(H,40,46)(H,41,47)/t22-,29+/m0/s1. The summed E-state index contributed by atoms with van der Waals surface area (Å²) in [5.74, 6) is 0.0227. The van der Waals surface area contributed by atoms with Crippen LogP contribution in [0.3, 0.4) is 0 Å². The van der Waals surface area contributed by atoms with Crippen molar-refractivity contribution in [3.05, 3.63) is 91.2 Å². The first kappa shape index (κ1) is 37.1. The van der Waals surface area contributed by atoms with E-state index >= 15 is 0 Å². The van der Waals surface area contributed by atoms with Gasteiger partial charge in [0, 0.05) is 62.2 Å². The molecular formula is C38H41ClN6O8. The van der Waals surface area contributed by atoms with Crippen molar-refractivity contribution in [1.82, 2.24) is 24.3 Å². The van der Waals surface area contributed by atoms with Crippen LogP contribution >= 0.6 is 11.6 Å². The Bertz CT molecular complexity index is 2220. The molecule has 0 spiro atoms. The normalized spacial score (nSPS) is 16.1. The average Bonchev–Trinajstić information content (AvgIpc) is 3.77. The van der Waals surface area contributed by atoms with Crippen LogP contribution in [0.2, 0.25) is 5.02 Å². The summed E-state index contributed by atoms with van der Waals surface area (Å²) in [4.78, 5) is 69.9. The van der Waals surface area contributed by atoms with E-state index in [9.17, 15) is 24.0 Å². The van der Waals surface area contributed by atoms with Crippen LogP contribution in [0.4, 0.5) is 10.5 Å². The fourth-order valence-corrected chi connectivity index (χ4v) is 6.97. The maximum atomic E-state index is 13.4. The van der Waals surface area contributed by atoms with Crippen LogP contribution in [0, 0.1) is 6.92 Å². The number of rotatable bonds is 11. The Morgan fingerprint density at radius 2 is 1.85 bits per heavy atom. The molecule has 2 aliphatic rings. The number of carbonyl (C=O) groups is 3. The van der Waals surface area contributed by atoms with Gasteiger partial charge in [-0.3, -0.25) is 23.9 Å². The topological polar surface area (TPSA) is 163 Å². The first-order valence-corrected chi connectivity index (χ1v) is 17.7. The highest BCUT2D eigenvalue weighted by atomic mass is 35.5. The maximum Gasteiger partial charge on any atom is 0.410 e. The van der Waals surface area contributed by atoms with Crippen molar-refractivity contribution >= 4 is 35.2 Å². The van der Waals surface area contributed by atoms with Crippen molar-refractivity contribution in [2.24, 2.45) is 14.1 Å². The summed E-state index contributed by atoms with van der Waals surface area (Å²) < 4.78 is 19.6. The monoisotopic (exact) mass is 744 g/mol. The lowest BCUT2D eigenvalue weighted by Crippen LogP contribution is -2.44. The molecule has 2 aliphatic heterocycles. The second kappa shape index (κ2) is 15.5. The summed E-state index contributed by atoms with van der Waals surface area (Å²) in [6.07, 6.45) is 3.30. The van der Waals surface area contributed by atoms with Gasteiger partial charge in [-0.2, -0.15) is 0 Å². The molecule has 53 heavy (non-hydrogen) atoms. The fourth-order valence-electron chi connectivity index (χ4n) is 6.65. The molecule has 278 valence electrons. The number of hydrogen-bond acceptors (Lipinski definition) is 9. The number of pyridine rings is 1. The Labute approximate surface area is 310 Å². The van der Waals surface area contributed by atoms with E-state index in [0.29, 0.717) is 57.2 Å². The van der Waals surface area contributed by atoms with Gasteiger partial charge in [-0.1, -0.05) is 55.3 Å². The highest BCUT2D eigenvalue weighted by molar-refractivity contribution is 6.36. The van der Waals surface area contributed by atoms with Gasteiger partial charge >= 0.3 is 11.8 Å². The molecule has 2 atom stereocenters. The molecular weight excluding hydrogens is 704 g/mol. The van der Waals surface area contributed by atoms with Crippen LogP contribution < -0.4 is 31.4 Å². The lowest BCUT2D eigenvalue weighted by atomic mass is 9.96. The van der Waals surface area contributed by atoms with Gasteiger partial charge in [0.1, 0.15) is 24.0 Å². The van der Waals surface area contributed by atoms with Gasteiger partial charge in [0.25, 0.3) is 11.5 Å². The predicted octanol–water partition coefficient (Wildman–Crippen LogP) is 4.99. The third kappa shape index (κ3) is 7.36. The van der Waals surface area contributed by atoms with Crippen LogP contribution in [0.5, 0.6) is 11.6 Å². The van der Waals surface area contributed by atoms with Crippen molar-refractivity contribution in [2.45, 2.75) is 51.6 Å². The van der Waals surface area contributed by atoms with Crippen LogP contribution in [0.25, 0.3) is 22.4 Å². The minimum atomic E-state index is -0.704. The zero-order chi connectivity index (χ0) is 38.0. The third-order valence-corrected chi connectivity index (χ3v) is 9.99. The molecule has 3 amide bonds. The van der Waals surface area contributed by atoms with Crippen molar-refractivity contribution in [1.29, 1.82) is 0 Å². The van der Waals surface area contributed by atoms with Gasteiger partial charge in [-0.25, -0.2) is 14.6 Å². The number of nitrogens with zero attached hydrogens (tertiary/aromatic N) is 4. The van der Waals surface area contributed by atoms with Gasteiger partial charge in [0.15, 0.2) is 0 Å². The number of anilines is 1. The molecule has 0 radical (unpaired) electrons. The number of methoxy groups -OCH3 is 1. The highest BCUT2D eigenvalue weighted by Crippen LogP contribution is 2.46. The largest absolute Gasteiger partial charge is 0.490 e. The lowest BCUT2D eigenvalue weighted by molar-refractivity contribution is -0.119. The Kier molecular flexibility index (Phi) is 10.9. The van der Waals surface area contributed by atoms with E-state index in [1.54, 1.807) is 23.1 Å². The van der Waals surface area contributed by atoms with Crippen LogP contribution in [-0.2, 0) is 23.6 Å². The maximum absolute atomic E-state index is 13.4. The number of halogens is 1. The Balaban J connectivity index is 1.32. The summed E-state index contributed by atoms with van der Waals surface area (Å²) >= 11 is 7.12. The zero-order valence-corrected chi connectivity index (χ0v) is 30.9. The number of aryl methyl sites for hydroxylation is 1. The summed E-state index contributed by atoms with van der Waals surface area (Å²) in [6, 6.07) is 11.8. The number of unbranched alkanes of at least 4 members (excludes halogenated alkanes) is 1. The van der Waals surface area contributed by atoms with Crippen molar-refractivity contribution in [3.63, 3.8) is 0 Å². The van der Waals surface area contributed by atoms with Crippen LogP contribution in [-0.4, -0.2) is 69.8 Å². The van der Waals surface area contributed by atoms with E-state index in [1.807, 2.05) is 38.1 Å².